The predicted octanol–water partition coefficient (Wildman–Crippen LogP) is 4.52. The topological polar surface area (TPSA) is 95.4 Å². The normalized spacial score (nSPS) is 11.1. The molecule has 36 heavy (non-hydrogen) atoms. The summed E-state index contributed by atoms with van der Waals surface area (Å²) in [6, 6.07) is 13.3. The predicted molar refractivity (Wildman–Crippen MR) is 145 cm³/mol. The fraction of sp³-hybridized carbons (Fsp3) is 0.231. The zero-order valence-electron chi connectivity index (χ0n) is 20.8. The molecule has 4 aromatic rings. The zero-order valence-corrected chi connectivity index (χ0v) is 21.6. The number of anilines is 4. The van der Waals surface area contributed by atoms with Gasteiger partial charge in [-0.1, -0.05) is 29.8 Å². The molecule has 0 spiro atoms. The molecule has 0 aliphatic carbocycles. The Hall–Kier alpha value is -3.95. The lowest BCUT2D eigenvalue weighted by molar-refractivity contribution is -0.119. The maximum Gasteiger partial charge on any atom is 0.240 e. The van der Waals surface area contributed by atoms with Crippen molar-refractivity contribution in [1.29, 1.82) is 0 Å². The highest BCUT2D eigenvalue weighted by Gasteiger charge is 2.18. The number of likely N-dealkylation sites (N-methyl/N-ethyl adjacent to an activating group) is 2. The van der Waals surface area contributed by atoms with Crippen LogP contribution in [-0.4, -0.2) is 58.9 Å². The van der Waals surface area contributed by atoms with Crippen molar-refractivity contribution in [2.24, 2.45) is 7.05 Å². The first kappa shape index (κ1) is 25.2. The molecule has 0 aliphatic rings. The van der Waals surface area contributed by atoms with Crippen molar-refractivity contribution >= 4 is 57.3 Å². The van der Waals surface area contributed by atoms with Gasteiger partial charge in [-0.15, -0.1) is 0 Å². The maximum atomic E-state index is 12.6. The molecule has 9 nitrogen and oxygen atoms in total. The number of hydrogen-bond acceptors (Lipinski definition) is 6. The highest BCUT2D eigenvalue weighted by molar-refractivity contribution is 6.33. The van der Waals surface area contributed by atoms with Crippen LogP contribution in [0.2, 0.25) is 5.02 Å². The number of rotatable bonds is 7. The van der Waals surface area contributed by atoms with Crippen molar-refractivity contribution in [1.82, 2.24) is 19.4 Å². The Morgan fingerprint density at radius 1 is 1.11 bits per heavy atom. The highest BCUT2D eigenvalue weighted by Crippen LogP contribution is 2.34. The standard InChI is InChI=1S/C26H28ClN7O2/c1-16(35)29-21-12-17(10-11-23(21)34(5)24(36)15-32(2)3)30-26-28-13-20(27)25(31-26)19-14-33(4)22-9-7-6-8-18(19)22/h6-14H,15H2,1-5H3,(H,29,35)(H,28,30,31). The molecule has 0 fully saturated rings. The number of halogens is 1. The Kier molecular flexibility index (Phi) is 7.23. The number of carbonyl (C=O) groups excluding carboxylic acids is 2. The Bertz CT molecular complexity index is 1450. The van der Waals surface area contributed by atoms with Gasteiger partial charge in [0.2, 0.25) is 17.8 Å². The van der Waals surface area contributed by atoms with Crippen LogP contribution in [0.5, 0.6) is 0 Å². The van der Waals surface area contributed by atoms with Gasteiger partial charge in [0.15, 0.2) is 0 Å². The first-order valence-electron chi connectivity index (χ1n) is 11.3. The fourth-order valence-electron chi connectivity index (χ4n) is 3.98. The van der Waals surface area contributed by atoms with E-state index in [1.807, 2.05) is 56.2 Å². The molecule has 0 saturated carbocycles. The second-order valence-corrected chi connectivity index (χ2v) is 9.20. The highest BCUT2D eigenvalue weighted by atomic mass is 35.5. The van der Waals surface area contributed by atoms with E-state index in [2.05, 4.69) is 20.6 Å². The fourth-order valence-corrected chi connectivity index (χ4v) is 4.18. The maximum absolute atomic E-state index is 12.6. The lowest BCUT2D eigenvalue weighted by atomic mass is 10.1. The summed E-state index contributed by atoms with van der Waals surface area (Å²) in [6.45, 7) is 1.66. The van der Waals surface area contributed by atoms with Gasteiger partial charge in [-0.2, -0.15) is 0 Å². The number of amides is 2. The van der Waals surface area contributed by atoms with Crippen LogP contribution in [0.25, 0.3) is 22.2 Å². The van der Waals surface area contributed by atoms with Gasteiger partial charge in [0.05, 0.1) is 34.8 Å². The minimum absolute atomic E-state index is 0.104. The molecular weight excluding hydrogens is 478 g/mol. The van der Waals surface area contributed by atoms with Crippen LogP contribution in [0.3, 0.4) is 0 Å². The van der Waals surface area contributed by atoms with Gasteiger partial charge in [0.1, 0.15) is 0 Å². The first-order chi connectivity index (χ1) is 17.1. The average molecular weight is 506 g/mol. The third-order valence-corrected chi connectivity index (χ3v) is 5.92. The molecule has 10 heteroatoms. The number of aromatic nitrogens is 3. The Labute approximate surface area is 214 Å². The Morgan fingerprint density at radius 3 is 2.58 bits per heavy atom. The average Bonchev–Trinajstić information content (AvgIpc) is 3.16. The quantitative estimate of drug-likeness (QED) is 0.383. The zero-order chi connectivity index (χ0) is 26.0. The molecule has 2 aromatic heterocycles. The number of nitrogens with zero attached hydrogens (tertiary/aromatic N) is 5. The number of aryl methyl sites for hydroxylation is 1. The van der Waals surface area contributed by atoms with Gasteiger partial charge in [-0.25, -0.2) is 9.97 Å². The van der Waals surface area contributed by atoms with E-state index >= 15 is 0 Å². The molecule has 0 aliphatic heterocycles. The van der Waals surface area contributed by atoms with E-state index in [0.717, 1.165) is 16.5 Å². The molecule has 2 amide bonds. The van der Waals surface area contributed by atoms with Crippen molar-refractivity contribution in [3.63, 3.8) is 0 Å². The van der Waals surface area contributed by atoms with Crippen LogP contribution in [0.4, 0.5) is 23.0 Å². The van der Waals surface area contributed by atoms with Gasteiger partial charge in [0, 0.05) is 49.4 Å². The number of carbonyl (C=O) groups is 2. The van der Waals surface area contributed by atoms with Crippen LogP contribution < -0.4 is 15.5 Å². The van der Waals surface area contributed by atoms with E-state index in [1.165, 1.54) is 11.8 Å². The van der Waals surface area contributed by atoms with Crippen LogP contribution >= 0.6 is 11.6 Å². The van der Waals surface area contributed by atoms with Crippen LogP contribution in [0.15, 0.2) is 54.9 Å². The number of para-hydroxylation sites is 1. The van der Waals surface area contributed by atoms with E-state index in [4.69, 9.17) is 11.6 Å². The number of nitrogens with one attached hydrogen (secondary N) is 2. The third kappa shape index (κ3) is 5.32. The molecule has 0 bridgehead atoms. The molecule has 4 rings (SSSR count). The van der Waals surface area contributed by atoms with E-state index in [9.17, 15) is 9.59 Å². The van der Waals surface area contributed by atoms with E-state index in [0.29, 0.717) is 33.7 Å². The molecule has 0 saturated heterocycles. The summed E-state index contributed by atoms with van der Waals surface area (Å²) < 4.78 is 2.03. The molecule has 0 atom stereocenters. The molecular formula is C26H28ClN7O2. The minimum Gasteiger partial charge on any atom is -0.350 e. The van der Waals surface area contributed by atoms with Gasteiger partial charge >= 0.3 is 0 Å². The van der Waals surface area contributed by atoms with Crippen LogP contribution in [0, 0.1) is 0 Å². The van der Waals surface area contributed by atoms with Crippen molar-refractivity contribution in [3.05, 3.63) is 59.9 Å². The van der Waals surface area contributed by atoms with Crippen molar-refractivity contribution in [2.75, 3.05) is 43.2 Å². The second kappa shape index (κ2) is 10.3. The summed E-state index contributed by atoms with van der Waals surface area (Å²) >= 11 is 6.50. The van der Waals surface area contributed by atoms with E-state index in [1.54, 1.807) is 36.3 Å². The third-order valence-electron chi connectivity index (χ3n) is 5.65. The van der Waals surface area contributed by atoms with Crippen molar-refractivity contribution < 1.29 is 9.59 Å². The smallest absolute Gasteiger partial charge is 0.240 e. The summed E-state index contributed by atoms with van der Waals surface area (Å²) in [4.78, 5) is 36.8. The first-order valence-corrected chi connectivity index (χ1v) is 11.7. The summed E-state index contributed by atoms with van der Waals surface area (Å²) in [5.41, 5.74) is 4.29. The summed E-state index contributed by atoms with van der Waals surface area (Å²) in [5, 5.41) is 7.47. The van der Waals surface area contributed by atoms with Gasteiger partial charge < -0.3 is 25.0 Å². The van der Waals surface area contributed by atoms with E-state index < -0.39 is 0 Å². The molecule has 2 aromatic carbocycles. The monoisotopic (exact) mass is 505 g/mol. The lowest BCUT2D eigenvalue weighted by Crippen LogP contribution is -2.35. The number of hydrogen-bond donors (Lipinski definition) is 2. The van der Waals surface area contributed by atoms with Gasteiger partial charge in [-0.05, 0) is 38.4 Å². The minimum atomic E-state index is -0.247. The lowest BCUT2D eigenvalue weighted by Gasteiger charge is -2.23. The summed E-state index contributed by atoms with van der Waals surface area (Å²) in [7, 11) is 7.31. The van der Waals surface area contributed by atoms with Crippen LogP contribution in [-0.2, 0) is 16.6 Å². The largest absolute Gasteiger partial charge is 0.350 e. The van der Waals surface area contributed by atoms with Gasteiger partial charge in [0.25, 0.3) is 0 Å². The van der Waals surface area contributed by atoms with Gasteiger partial charge in [-0.3, -0.25) is 9.59 Å². The Balaban J connectivity index is 1.67. The number of fused-ring (bicyclic) bond motifs is 1. The number of benzene rings is 2. The van der Waals surface area contributed by atoms with E-state index in [-0.39, 0.29) is 18.4 Å². The second-order valence-electron chi connectivity index (χ2n) is 8.79. The summed E-state index contributed by atoms with van der Waals surface area (Å²) in [6.07, 6.45) is 3.55. The Morgan fingerprint density at radius 2 is 1.86 bits per heavy atom. The SMILES string of the molecule is CC(=O)Nc1cc(Nc2ncc(Cl)c(-c3cn(C)c4ccccc34)n2)ccc1N(C)C(=O)CN(C)C. The molecule has 2 N–H and O–H groups in total. The van der Waals surface area contributed by atoms with Crippen LogP contribution in [0.1, 0.15) is 6.92 Å². The molecule has 2 heterocycles. The molecule has 0 unspecified atom stereocenters. The summed E-state index contributed by atoms with van der Waals surface area (Å²) in [5.74, 6) is -0.00295. The van der Waals surface area contributed by atoms with Crippen molar-refractivity contribution in [2.45, 2.75) is 6.92 Å². The molecule has 186 valence electrons. The molecule has 0 radical (unpaired) electrons. The van der Waals surface area contributed by atoms with Crippen molar-refractivity contribution in [3.8, 4) is 11.3 Å².